The first-order valence-electron chi connectivity index (χ1n) is 6.46. The molecule has 94 valence electrons. The summed E-state index contributed by atoms with van der Waals surface area (Å²) in [7, 11) is 0. The Morgan fingerprint density at radius 2 is 2.17 bits per heavy atom. The zero-order valence-electron chi connectivity index (χ0n) is 10.7. The highest BCUT2D eigenvalue weighted by molar-refractivity contribution is 6.67. The van der Waals surface area contributed by atoms with E-state index in [0.29, 0.717) is 12.5 Å². The van der Waals surface area contributed by atoms with Crippen molar-refractivity contribution in [2.45, 2.75) is 31.4 Å². The normalized spacial score (nSPS) is 22.6. The standard InChI is InChI=1S/C14H18BFN2/c1-14(9-17,11-2-4-13(16)5-3-11)12-6-7-15(8-12)10-18/h2-5,12H,6-9,17H2,1H3. The Labute approximate surface area is 108 Å². The van der Waals surface area contributed by atoms with Crippen LogP contribution in [0.4, 0.5) is 4.39 Å². The molecule has 1 aliphatic rings. The van der Waals surface area contributed by atoms with Crippen LogP contribution in [0.5, 0.6) is 0 Å². The second-order valence-electron chi connectivity index (χ2n) is 5.46. The summed E-state index contributed by atoms with van der Waals surface area (Å²) < 4.78 is 13.0. The number of hydrogen-bond donors (Lipinski definition) is 1. The molecule has 18 heavy (non-hydrogen) atoms. The quantitative estimate of drug-likeness (QED) is 0.831. The monoisotopic (exact) mass is 244 g/mol. The van der Waals surface area contributed by atoms with E-state index in [9.17, 15) is 4.39 Å². The molecule has 0 radical (unpaired) electrons. The molecule has 1 aromatic rings. The minimum Gasteiger partial charge on any atom is -0.330 e. The smallest absolute Gasteiger partial charge is 0.268 e. The highest BCUT2D eigenvalue weighted by atomic mass is 19.1. The van der Waals surface area contributed by atoms with Gasteiger partial charge in [0.2, 0.25) is 0 Å². The van der Waals surface area contributed by atoms with Gasteiger partial charge in [0.15, 0.2) is 0 Å². The van der Waals surface area contributed by atoms with Crippen molar-refractivity contribution in [3.05, 3.63) is 35.6 Å². The van der Waals surface area contributed by atoms with Crippen LogP contribution in [0.1, 0.15) is 18.9 Å². The molecule has 2 N–H and O–H groups in total. The fraction of sp³-hybridized carbons (Fsp3) is 0.500. The van der Waals surface area contributed by atoms with Gasteiger partial charge >= 0.3 is 0 Å². The van der Waals surface area contributed by atoms with E-state index < -0.39 is 0 Å². The number of nitrogens with zero attached hydrogens (tertiary/aromatic N) is 1. The third-order valence-corrected chi connectivity index (χ3v) is 4.44. The van der Waals surface area contributed by atoms with Crippen molar-refractivity contribution >= 4 is 6.71 Å². The second-order valence-corrected chi connectivity index (χ2v) is 5.46. The van der Waals surface area contributed by atoms with E-state index in [4.69, 9.17) is 11.0 Å². The van der Waals surface area contributed by atoms with Gasteiger partial charge in [-0.3, -0.25) is 0 Å². The lowest BCUT2D eigenvalue weighted by atomic mass is 9.49. The predicted molar refractivity (Wildman–Crippen MR) is 71.9 cm³/mol. The maximum atomic E-state index is 13.0. The maximum Gasteiger partial charge on any atom is 0.268 e. The average Bonchev–Trinajstić information content (AvgIpc) is 2.88. The molecule has 0 amide bonds. The molecule has 2 unspecified atom stereocenters. The van der Waals surface area contributed by atoms with Gasteiger partial charge in [-0.2, -0.15) is 0 Å². The Balaban J connectivity index is 2.26. The fourth-order valence-corrected chi connectivity index (χ4v) is 3.03. The summed E-state index contributed by atoms with van der Waals surface area (Å²) in [5.74, 6) is 2.54. The van der Waals surface area contributed by atoms with Crippen molar-refractivity contribution in [3.8, 4) is 5.97 Å². The molecule has 1 aliphatic heterocycles. The topological polar surface area (TPSA) is 49.8 Å². The van der Waals surface area contributed by atoms with E-state index in [1.807, 2.05) is 12.1 Å². The Hall–Kier alpha value is -1.34. The lowest BCUT2D eigenvalue weighted by Gasteiger charge is -2.35. The molecule has 0 saturated carbocycles. The summed E-state index contributed by atoms with van der Waals surface area (Å²) in [6, 6.07) is 6.61. The average molecular weight is 244 g/mol. The molecule has 1 heterocycles. The lowest BCUT2D eigenvalue weighted by Crippen LogP contribution is -2.38. The van der Waals surface area contributed by atoms with Crippen LogP contribution in [0.25, 0.3) is 0 Å². The molecular formula is C14H18BFN2. The molecule has 4 heteroatoms. The van der Waals surface area contributed by atoms with Gasteiger partial charge in [0.05, 0.1) is 0 Å². The molecule has 1 saturated heterocycles. The molecule has 0 bridgehead atoms. The van der Waals surface area contributed by atoms with Gasteiger partial charge in [-0.15, -0.1) is 0 Å². The third-order valence-electron chi connectivity index (χ3n) is 4.44. The largest absolute Gasteiger partial charge is 0.330 e. The van der Waals surface area contributed by atoms with Crippen molar-refractivity contribution < 1.29 is 4.39 Å². The van der Waals surface area contributed by atoms with Crippen LogP contribution in [-0.4, -0.2) is 13.3 Å². The van der Waals surface area contributed by atoms with Gasteiger partial charge in [-0.1, -0.05) is 38.1 Å². The molecule has 2 atom stereocenters. The number of hydrogen-bond acceptors (Lipinski definition) is 2. The van der Waals surface area contributed by atoms with Gasteiger partial charge in [-0.05, 0) is 23.6 Å². The number of nitrogens with two attached hydrogens (primary N) is 1. The van der Waals surface area contributed by atoms with Gasteiger partial charge in [-0.25, -0.2) is 9.65 Å². The van der Waals surface area contributed by atoms with E-state index in [1.165, 1.54) is 12.1 Å². The highest BCUT2D eigenvalue weighted by Gasteiger charge is 2.41. The van der Waals surface area contributed by atoms with E-state index in [-0.39, 0.29) is 17.9 Å². The number of nitriles is 1. The summed E-state index contributed by atoms with van der Waals surface area (Å²) >= 11 is 0. The van der Waals surface area contributed by atoms with Gasteiger partial charge in [0, 0.05) is 17.9 Å². The predicted octanol–water partition coefficient (Wildman–Crippen LogP) is 2.62. The third kappa shape index (κ3) is 2.28. The molecule has 1 aromatic carbocycles. The van der Waals surface area contributed by atoms with Crippen molar-refractivity contribution in [2.24, 2.45) is 11.7 Å². The summed E-state index contributed by atoms with van der Waals surface area (Å²) in [6.07, 6.45) is 2.89. The number of halogens is 1. The zero-order chi connectivity index (χ0) is 13.2. The Bertz CT molecular complexity index is 454. The molecule has 0 aliphatic carbocycles. The van der Waals surface area contributed by atoms with E-state index >= 15 is 0 Å². The number of rotatable bonds is 3. The van der Waals surface area contributed by atoms with Crippen molar-refractivity contribution in [2.75, 3.05) is 6.54 Å². The van der Waals surface area contributed by atoms with E-state index in [2.05, 4.69) is 12.9 Å². The van der Waals surface area contributed by atoms with Crippen molar-refractivity contribution in [1.29, 1.82) is 5.26 Å². The van der Waals surface area contributed by atoms with Gasteiger partial charge < -0.3 is 5.73 Å². The van der Waals surface area contributed by atoms with E-state index in [0.717, 1.165) is 24.6 Å². The van der Waals surface area contributed by atoms with Crippen LogP contribution in [0, 0.1) is 23.0 Å². The Morgan fingerprint density at radius 1 is 1.50 bits per heavy atom. The van der Waals surface area contributed by atoms with Crippen LogP contribution in [0.2, 0.25) is 12.6 Å². The minimum atomic E-state index is -0.223. The van der Waals surface area contributed by atoms with Crippen molar-refractivity contribution in [1.82, 2.24) is 0 Å². The maximum absolute atomic E-state index is 13.0. The van der Waals surface area contributed by atoms with Crippen LogP contribution in [-0.2, 0) is 5.41 Å². The van der Waals surface area contributed by atoms with Crippen molar-refractivity contribution in [3.63, 3.8) is 0 Å². The first-order chi connectivity index (χ1) is 8.60. The molecule has 0 spiro atoms. The first-order valence-corrected chi connectivity index (χ1v) is 6.46. The fourth-order valence-electron chi connectivity index (χ4n) is 3.03. The molecule has 0 aromatic heterocycles. The molecular weight excluding hydrogens is 226 g/mol. The van der Waals surface area contributed by atoms with Crippen LogP contribution in [0.15, 0.2) is 24.3 Å². The summed E-state index contributed by atoms with van der Waals surface area (Å²) in [5.41, 5.74) is 6.89. The van der Waals surface area contributed by atoms with Crippen LogP contribution in [0.3, 0.4) is 0 Å². The molecule has 1 fully saturated rings. The first kappa shape index (κ1) is 13.1. The zero-order valence-corrected chi connectivity index (χ0v) is 10.7. The highest BCUT2D eigenvalue weighted by Crippen LogP contribution is 2.42. The Morgan fingerprint density at radius 3 is 2.67 bits per heavy atom. The minimum absolute atomic E-state index is 0.153. The lowest BCUT2D eigenvalue weighted by molar-refractivity contribution is 0.325. The molecule has 2 nitrogen and oxygen atoms in total. The van der Waals surface area contributed by atoms with Crippen LogP contribution < -0.4 is 5.73 Å². The van der Waals surface area contributed by atoms with Crippen LogP contribution >= 0.6 is 0 Å². The summed E-state index contributed by atoms with van der Waals surface area (Å²) in [6.45, 7) is 2.81. The summed E-state index contributed by atoms with van der Waals surface area (Å²) in [4.78, 5) is 0. The SMILES string of the molecule is CC(CN)(c1ccc(F)cc1)C1CCB(C#N)C1. The van der Waals surface area contributed by atoms with Gasteiger partial charge in [0.1, 0.15) is 5.82 Å². The molecule has 2 rings (SSSR count). The number of benzene rings is 1. The Kier molecular flexibility index (Phi) is 3.72. The van der Waals surface area contributed by atoms with E-state index in [1.54, 1.807) is 0 Å². The second kappa shape index (κ2) is 5.11. The van der Waals surface area contributed by atoms with Gasteiger partial charge in [0.25, 0.3) is 6.71 Å². The summed E-state index contributed by atoms with van der Waals surface area (Å²) in [5, 5.41) is 9.00.